The van der Waals surface area contributed by atoms with Gasteiger partial charge in [0.25, 0.3) is 0 Å². The molecule has 1 unspecified atom stereocenters. The molecule has 0 saturated carbocycles. The first kappa shape index (κ1) is 32.8. The van der Waals surface area contributed by atoms with Crippen LogP contribution in [-0.2, 0) is 39.0 Å². The fourth-order valence-electron chi connectivity index (χ4n) is 4.77. The predicted molar refractivity (Wildman–Crippen MR) is 166 cm³/mol. The molecule has 0 radical (unpaired) electrons. The Morgan fingerprint density at radius 2 is 1.55 bits per heavy atom. The molecular weight excluding hydrogens is 553 g/mol. The van der Waals surface area contributed by atoms with E-state index in [2.05, 4.69) is 5.32 Å². The number of nitrogens with one attached hydrogen (secondary N) is 1. The Hall–Kier alpha value is -3.72. The number of unbranched alkanes of at least 4 members (excludes halogenated alkanes) is 1. The number of sulfonamides is 1. The number of benzene rings is 3. The molecule has 7 nitrogen and oxygen atoms in total. The van der Waals surface area contributed by atoms with Crippen LogP contribution in [0.15, 0.2) is 78.9 Å². The minimum absolute atomic E-state index is 0.0129. The molecule has 3 aromatic carbocycles. The maximum Gasteiger partial charge on any atom is 0.243 e. The Labute approximate surface area is 249 Å². The highest BCUT2D eigenvalue weighted by Crippen LogP contribution is 2.21. The van der Waals surface area contributed by atoms with Crippen LogP contribution < -0.4 is 9.62 Å². The van der Waals surface area contributed by atoms with Crippen molar-refractivity contribution < 1.29 is 22.4 Å². The number of aryl methyl sites for hydroxylation is 1. The van der Waals surface area contributed by atoms with Crippen molar-refractivity contribution in [3.63, 3.8) is 0 Å². The molecule has 2 amide bonds. The first-order chi connectivity index (χ1) is 20.1. The minimum Gasteiger partial charge on any atom is -0.354 e. The van der Waals surface area contributed by atoms with Gasteiger partial charge in [0.2, 0.25) is 21.8 Å². The van der Waals surface area contributed by atoms with Crippen molar-refractivity contribution in [3.8, 4) is 0 Å². The van der Waals surface area contributed by atoms with Gasteiger partial charge in [-0.15, -0.1) is 0 Å². The summed E-state index contributed by atoms with van der Waals surface area (Å²) >= 11 is 0. The molecule has 1 N–H and O–H groups in total. The van der Waals surface area contributed by atoms with Crippen LogP contribution in [0.5, 0.6) is 0 Å². The van der Waals surface area contributed by atoms with Crippen LogP contribution >= 0.6 is 0 Å². The van der Waals surface area contributed by atoms with Crippen LogP contribution in [0.2, 0.25) is 0 Å². The fraction of sp³-hybridized carbons (Fsp3) is 0.394. The SMILES string of the molecule is CCCCNC(=O)C(Cc1ccccc1)N(Cc1ccccc1F)C(=O)CCCN(c1ccc(CC)cc1)S(C)(=O)=O. The number of hydrogen-bond acceptors (Lipinski definition) is 4. The second-order valence-electron chi connectivity index (χ2n) is 10.4. The highest BCUT2D eigenvalue weighted by atomic mass is 32.2. The lowest BCUT2D eigenvalue weighted by Gasteiger charge is -2.32. The predicted octanol–water partition coefficient (Wildman–Crippen LogP) is 5.49. The number of amides is 2. The minimum atomic E-state index is -3.60. The third-order valence-corrected chi connectivity index (χ3v) is 8.38. The second-order valence-corrected chi connectivity index (χ2v) is 12.3. The molecule has 0 heterocycles. The van der Waals surface area contributed by atoms with E-state index in [0.29, 0.717) is 17.8 Å². The number of carbonyl (C=O) groups is 2. The van der Waals surface area contributed by atoms with E-state index in [1.54, 1.807) is 30.3 Å². The zero-order chi connectivity index (χ0) is 30.5. The number of hydrogen-bond donors (Lipinski definition) is 1. The molecule has 0 saturated heterocycles. The summed E-state index contributed by atoms with van der Waals surface area (Å²) in [4.78, 5) is 28.8. The van der Waals surface area contributed by atoms with Crippen LogP contribution in [-0.4, -0.2) is 50.5 Å². The lowest BCUT2D eigenvalue weighted by atomic mass is 10.0. The molecule has 0 bridgehead atoms. The summed E-state index contributed by atoms with van der Waals surface area (Å²) in [5, 5.41) is 2.95. The van der Waals surface area contributed by atoms with E-state index in [9.17, 15) is 22.4 Å². The average molecular weight is 596 g/mol. The van der Waals surface area contributed by atoms with Gasteiger partial charge in [0.05, 0.1) is 11.9 Å². The monoisotopic (exact) mass is 595 g/mol. The lowest BCUT2D eigenvalue weighted by molar-refractivity contribution is -0.141. The maximum absolute atomic E-state index is 14.8. The van der Waals surface area contributed by atoms with Gasteiger partial charge in [-0.25, -0.2) is 12.8 Å². The van der Waals surface area contributed by atoms with Gasteiger partial charge < -0.3 is 10.2 Å². The Bertz CT molecular complexity index is 1400. The van der Waals surface area contributed by atoms with E-state index in [4.69, 9.17) is 0 Å². The van der Waals surface area contributed by atoms with Gasteiger partial charge in [-0.2, -0.15) is 0 Å². The topological polar surface area (TPSA) is 86.8 Å². The molecule has 0 fully saturated rings. The van der Waals surface area contributed by atoms with Gasteiger partial charge in [-0.1, -0.05) is 80.9 Å². The van der Waals surface area contributed by atoms with Crippen molar-refractivity contribution in [2.24, 2.45) is 0 Å². The van der Waals surface area contributed by atoms with Crippen LogP contribution in [0, 0.1) is 5.82 Å². The lowest BCUT2D eigenvalue weighted by Crippen LogP contribution is -2.50. The standard InChI is InChI=1S/C33H42FN3O4S/c1-4-6-22-35-33(39)31(24-27-13-8-7-9-14-27)36(25-28-15-10-11-16-30(28)34)32(38)17-12-23-37(42(3,40)41)29-20-18-26(5-2)19-21-29/h7-11,13-16,18-21,31H,4-6,12,17,22-25H2,1-3H3,(H,35,39). The Kier molecular flexibility index (Phi) is 12.5. The molecule has 0 aliphatic heterocycles. The molecule has 0 aliphatic carbocycles. The normalized spacial score (nSPS) is 12.0. The molecule has 0 aliphatic rings. The summed E-state index contributed by atoms with van der Waals surface area (Å²) in [7, 11) is -3.60. The van der Waals surface area contributed by atoms with Crippen LogP contribution in [0.1, 0.15) is 56.2 Å². The van der Waals surface area contributed by atoms with Gasteiger partial charge in [-0.05, 0) is 48.6 Å². The van der Waals surface area contributed by atoms with Gasteiger partial charge >= 0.3 is 0 Å². The van der Waals surface area contributed by atoms with Crippen LogP contribution in [0.3, 0.4) is 0 Å². The summed E-state index contributed by atoms with van der Waals surface area (Å²) in [6, 6.07) is 22.1. The molecule has 0 aromatic heterocycles. The maximum atomic E-state index is 14.8. The summed E-state index contributed by atoms with van der Waals surface area (Å²) in [5.74, 6) is -1.11. The number of nitrogens with zero attached hydrogens (tertiary/aromatic N) is 2. The van der Waals surface area contributed by atoms with E-state index >= 15 is 0 Å². The van der Waals surface area contributed by atoms with Gasteiger partial charge in [0, 0.05) is 38.0 Å². The van der Waals surface area contributed by atoms with E-state index in [-0.39, 0.29) is 44.2 Å². The van der Waals surface area contributed by atoms with Gasteiger partial charge in [-0.3, -0.25) is 13.9 Å². The molecule has 42 heavy (non-hydrogen) atoms. The molecule has 1 atom stereocenters. The van der Waals surface area contributed by atoms with Gasteiger partial charge in [0.1, 0.15) is 11.9 Å². The number of halogens is 1. The zero-order valence-corrected chi connectivity index (χ0v) is 25.6. The number of rotatable bonds is 16. The largest absolute Gasteiger partial charge is 0.354 e. The second kappa shape index (κ2) is 16.1. The van der Waals surface area contributed by atoms with Crippen molar-refractivity contribution in [1.82, 2.24) is 10.2 Å². The van der Waals surface area contributed by atoms with Crippen molar-refractivity contribution in [2.75, 3.05) is 23.7 Å². The molecule has 3 rings (SSSR count). The summed E-state index contributed by atoms with van der Waals surface area (Å²) in [5.41, 5.74) is 2.80. The molecular formula is C33H42FN3O4S. The number of anilines is 1. The Balaban J connectivity index is 1.87. The average Bonchev–Trinajstić information content (AvgIpc) is 2.98. The Morgan fingerprint density at radius 1 is 0.881 bits per heavy atom. The van der Waals surface area contributed by atoms with E-state index in [1.165, 1.54) is 15.3 Å². The van der Waals surface area contributed by atoms with Crippen LogP contribution in [0.25, 0.3) is 0 Å². The third-order valence-electron chi connectivity index (χ3n) is 7.18. The smallest absolute Gasteiger partial charge is 0.243 e. The van der Waals surface area contributed by atoms with Crippen molar-refractivity contribution >= 4 is 27.5 Å². The summed E-state index contributed by atoms with van der Waals surface area (Å²) < 4.78 is 41.3. The van der Waals surface area contributed by atoms with E-state index < -0.39 is 21.9 Å². The van der Waals surface area contributed by atoms with Crippen molar-refractivity contribution in [1.29, 1.82) is 0 Å². The summed E-state index contributed by atoms with van der Waals surface area (Å²) in [6.45, 7) is 4.54. The fourth-order valence-corrected chi connectivity index (χ4v) is 5.74. The zero-order valence-electron chi connectivity index (χ0n) is 24.8. The first-order valence-corrected chi connectivity index (χ1v) is 16.4. The van der Waals surface area contributed by atoms with E-state index in [1.807, 2.05) is 56.3 Å². The van der Waals surface area contributed by atoms with Gasteiger partial charge in [0.15, 0.2) is 0 Å². The first-order valence-electron chi connectivity index (χ1n) is 14.5. The molecule has 0 spiro atoms. The van der Waals surface area contributed by atoms with Crippen molar-refractivity contribution in [3.05, 3.63) is 101 Å². The molecule has 3 aromatic rings. The van der Waals surface area contributed by atoms with Crippen molar-refractivity contribution in [2.45, 2.75) is 65.0 Å². The third kappa shape index (κ3) is 9.69. The summed E-state index contributed by atoms with van der Waals surface area (Å²) in [6.07, 6.45) is 4.15. The molecule has 9 heteroatoms. The number of carbonyl (C=O) groups excluding carboxylic acids is 2. The van der Waals surface area contributed by atoms with Crippen LogP contribution in [0.4, 0.5) is 10.1 Å². The quantitative estimate of drug-likeness (QED) is 0.222. The Morgan fingerprint density at radius 3 is 2.17 bits per heavy atom. The highest BCUT2D eigenvalue weighted by Gasteiger charge is 2.31. The highest BCUT2D eigenvalue weighted by molar-refractivity contribution is 7.92. The van der Waals surface area contributed by atoms with E-state index in [0.717, 1.165) is 36.6 Å². The molecule has 226 valence electrons.